The normalized spacial score (nSPS) is 11.7. The molecule has 0 heterocycles. The van der Waals surface area contributed by atoms with Crippen molar-refractivity contribution in [1.29, 1.82) is 0 Å². The molecule has 0 saturated carbocycles. The van der Waals surface area contributed by atoms with E-state index in [1.165, 1.54) is 19.1 Å². The molecule has 21 heavy (non-hydrogen) atoms. The molecular formula is C16H18N2O3. The molecule has 2 aromatic carbocycles. The fourth-order valence-corrected chi connectivity index (χ4v) is 2.20. The number of benzene rings is 2. The van der Waals surface area contributed by atoms with Gasteiger partial charge in [-0.05, 0) is 37.3 Å². The maximum absolute atomic E-state index is 11.1. The van der Waals surface area contributed by atoms with Crippen LogP contribution in [0.4, 0.5) is 11.4 Å². The van der Waals surface area contributed by atoms with Crippen LogP contribution in [0.25, 0.3) is 0 Å². The third kappa shape index (κ3) is 3.66. The fourth-order valence-electron chi connectivity index (χ4n) is 2.20. The highest BCUT2D eigenvalue weighted by Crippen LogP contribution is 2.34. The lowest BCUT2D eigenvalue weighted by molar-refractivity contribution is -0.114. The minimum absolute atomic E-state index is 0.0352. The highest BCUT2D eigenvalue weighted by molar-refractivity contribution is 5.89. The molecule has 2 rings (SSSR count). The molecule has 5 nitrogen and oxygen atoms in total. The zero-order valence-corrected chi connectivity index (χ0v) is 11.9. The third-order valence-electron chi connectivity index (χ3n) is 3.06. The first-order chi connectivity index (χ1) is 9.97. The summed E-state index contributed by atoms with van der Waals surface area (Å²) in [6, 6.07) is 11.6. The van der Waals surface area contributed by atoms with Gasteiger partial charge in [0.1, 0.15) is 11.5 Å². The summed E-state index contributed by atoms with van der Waals surface area (Å²) in [5.74, 6) is -0.0698. The van der Waals surface area contributed by atoms with Crippen LogP contribution in [-0.2, 0) is 4.79 Å². The van der Waals surface area contributed by atoms with Gasteiger partial charge >= 0.3 is 0 Å². The van der Waals surface area contributed by atoms with E-state index in [0.717, 1.165) is 5.69 Å². The van der Waals surface area contributed by atoms with E-state index in [-0.39, 0.29) is 23.4 Å². The number of phenols is 2. The predicted octanol–water partition coefficient (Wildman–Crippen LogP) is 3.23. The molecule has 2 aromatic rings. The van der Waals surface area contributed by atoms with Crippen molar-refractivity contribution in [1.82, 2.24) is 0 Å². The molecular weight excluding hydrogens is 268 g/mol. The van der Waals surface area contributed by atoms with Crippen LogP contribution in [0.1, 0.15) is 25.5 Å². The Morgan fingerprint density at radius 3 is 2.24 bits per heavy atom. The van der Waals surface area contributed by atoms with Crippen LogP contribution in [-0.4, -0.2) is 16.1 Å². The van der Waals surface area contributed by atoms with Crippen molar-refractivity contribution in [2.75, 3.05) is 10.6 Å². The van der Waals surface area contributed by atoms with E-state index in [4.69, 9.17) is 0 Å². The summed E-state index contributed by atoms with van der Waals surface area (Å²) in [5, 5.41) is 25.6. The van der Waals surface area contributed by atoms with Gasteiger partial charge in [0.25, 0.3) is 0 Å². The Hall–Kier alpha value is -2.69. The van der Waals surface area contributed by atoms with E-state index < -0.39 is 0 Å². The number of carbonyl (C=O) groups is 1. The molecule has 0 saturated heterocycles. The summed E-state index contributed by atoms with van der Waals surface area (Å²) in [6.45, 7) is 3.28. The molecule has 0 fully saturated rings. The van der Waals surface area contributed by atoms with E-state index in [1.807, 2.05) is 19.1 Å². The summed E-state index contributed by atoms with van der Waals surface area (Å²) >= 11 is 0. The Kier molecular flexibility index (Phi) is 4.33. The van der Waals surface area contributed by atoms with Crippen molar-refractivity contribution in [3.63, 3.8) is 0 Å². The molecule has 0 radical (unpaired) electrons. The van der Waals surface area contributed by atoms with Crippen molar-refractivity contribution in [3.8, 4) is 11.5 Å². The molecule has 5 heteroatoms. The smallest absolute Gasteiger partial charge is 0.221 e. The molecule has 0 bridgehead atoms. The first-order valence-electron chi connectivity index (χ1n) is 6.62. The van der Waals surface area contributed by atoms with Crippen LogP contribution in [0.2, 0.25) is 0 Å². The summed E-state index contributed by atoms with van der Waals surface area (Å²) in [5.41, 5.74) is 1.89. The Labute approximate surface area is 123 Å². The number of aromatic hydroxyl groups is 2. The van der Waals surface area contributed by atoms with Gasteiger partial charge in [0.15, 0.2) is 0 Å². The van der Waals surface area contributed by atoms with Gasteiger partial charge in [0.2, 0.25) is 5.91 Å². The van der Waals surface area contributed by atoms with Gasteiger partial charge in [0, 0.05) is 18.3 Å². The number of nitrogens with one attached hydrogen (secondary N) is 2. The van der Waals surface area contributed by atoms with Crippen LogP contribution < -0.4 is 10.6 Å². The van der Waals surface area contributed by atoms with Crippen molar-refractivity contribution in [2.45, 2.75) is 19.9 Å². The second kappa shape index (κ2) is 6.17. The van der Waals surface area contributed by atoms with Crippen molar-refractivity contribution in [3.05, 3.63) is 48.0 Å². The van der Waals surface area contributed by atoms with Crippen LogP contribution in [0.15, 0.2) is 42.5 Å². The third-order valence-corrected chi connectivity index (χ3v) is 3.06. The number of carbonyl (C=O) groups excluding carboxylic acids is 1. The lowest BCUT2D eigenvalue weighted by Crippen LogP contribution is -2.09. The minimum Gasteiger partial charge on any atom is -0.507 e. The fraction of sp³-hybridized carbons (Fsp3) is 0.188. The molecule has 0 aliphatic rings. The molecule has 110 valence electrons. The maximum Gasteiger partial charge on any atom is 0.221 e. The Balaban J connectivity index is 2.19. The Morgan fingerprint density at radius 1 is 1.05 bits per heavy atom. The van der Waals surface area contributed by atoms with E-state index in [1.54, 1.807) is 18.2 Å². The van der Waals surface area contributed by atoms with E-state index >= 15 is 0 Å². The second-order valence-electron chi connectivity index (χ2n) is 4.84. The highest BCUT2D eigenvalue weighted by Gasteiger charge is 2.14. The van der Waals surface area contributed by atoms with Crippen LogP contribution in [0.3, 0.4) is 0 Å². The quantitative estimate of drug-likeness (QED) is 0.695. The molecule has 4 N–H and O–H groups in total. The Morgan fingerprint density at radius 2 is 1.62 bits per heavy atom. The molecule has 0 aliphatic heterocycles. The molecule has 0 spiro atoms. The van der Waals surface area contributed by atoms with Gasteiger partial charge in [-0.3, -0.25) is 4.79 Å². The number of amides is 1. The van der Waals surface area contributed by atoms with Gasteiger partial charge in [-0.2, -0.15) is 0 Å². The zero-order valence-electron chi connectivity index (χ0n) is 11.9. The Bertz CT molecular complexity index is 635. The predicted molar refractivity (Wildman–Crippen MR) is 82.6 cm³/mol. The van der Waals surface area contributed by atoms with Crippen molar-refractivity contribution in [2.24, 2.45) is 0 Å². The molecule has 1 unspecified atom stereocenters. The molecule has 0 aromatic heterocycles. The van der Waals surface area contributed by atoms with Crippen LogP contribution in [0.5, 0.6) is 11.5 Å². The number of phenolic OH excluding ortho intramolecular Hbond substituents is 2. The summed E-state index contributed by atoms with van der Waals surface area (Å²) < 4.78 is 0. The largest absolute Gasteiger partial charge is 0.507 e. The van der Waals surface area contributed by atoms with Gasteiger partial charge in [-0.15, -0.1) is 0 Å². The van der Waals surface area contributed by atoms with E-state index in [9.17, 15) is 15.0 Å². The average Bonchev–Trinajstić information content (AvgIpc) is 2.37. The SMILES string of the molecule is CC(=O)Nc1cccc(NC(C)c2c(O)cccc2O)c1. The first kappa shape index (κ1) is 14.7. The maximum atomic E-state index is 11.1. The van der Waals surface area contributed by atoms with Gasteiger partial charge < -0.3 is 20.8 Å². The topological polar surface area (TPSA) is 81.6 Å². The van der Waals surface area contributed by atoms with Crippen molar-refractivity contribution >= 4 is 17.3 Å². The zero-order chi connectivity index (χ0) is 15.4. The van der Waals surface area contributed by atoms with Crippen LogP contribution >= 0.6 is 0 Å². The molecule has 0 aliphatic carbocycles. The summed E-state index contributed by atoms with van der Waals surface area (Å²) in [7, 11) is 0. The molecule has 1 amide bonds. The molecule has 1 atom stereocenters. The average molecular weight is 286 g/mol. The number of rotatable bonds is 4. The number of hydrogen-bond acceptors (Lipinski definition) is 4. The second-order valence-corrected chi connectivity index (χ2v) is 4.84. The monoisotopic (exact) mass is 286 g/mol. The number of anilines is 2. The first-order valence-corrected chi connectivity index (χ1v) is 6.62. The highest BCUT2D eigenvalue weighted by atomic mass is 16.3. The summed E-state index contributed by atoms with van der Waals surface area (Å²) in [6.07, 6.45) is 0. The van der Waals surface area contributed by atoms with E-state index in [0.29, 0.717) is 11.3 Å². The number of hydrogen-bond donors (Lipinski definition) is 4. The standard InChI is InChI=1S/C16H18N2O3/c1-10(16-14(20)7-4-8-15(16)21)17-12-5-3-6-13(9-12)18-11(2)19/h3-10,17,20-21H,1-2H3,(H,18,19). The van der Waals surface area contributed by atoms with Gasteiger partial charge in [-0.25, -0.2) is 0 Å². The van der Waals surface area contributed by atoms with Gasteiger partial charge in [-0.1, -0.05) is 12.1 Å². The van der Waals surface area contributed by atoms with E-state index in [2.05, 4.69) is 10.6 Å². The summed E-state index contributed by atoms with van der Waals surface area (Å²) in [4.78, 5) is 11.1. The minimum atomic E-state index is -0.293. The lowest BCUT2D eigenvalue weighted by atomic mass is 10.1. The van der Waals surface area contributed by atoms with Crippen molar-refractivity contribution < 1.29 is 15.0 Å². The van der Waals surface area contributed by atoms with Crippen LogP contribution in [0, 0.1) is 0 Å². The van der Waals surface area contributed by atoms with Gasteiger partial charge in [0.05, 0.1) is 11.6 Å². The lowest BCUT2D eigenvalue weighted by Gasteiger charge is -2.18.